The topological polar surface area (TPSA) is 55.1 Å². The predicted molar refractivity (Wildman–Crippen MR) is 84.5 cm³/mol. The van der Waals surface area contributed by atoms with Gasteiger partial charge in [0.15, 0.2) is 0 Å². The normalized spacial score (nSPS) is 17.7. The fourth-order valence-electron chi connectivity index (χ4n) is 2.22. The number of hydrogen-bond acceptors (Lipinski definition) is 3. The molecule has 1 aliphatic heterocycles. The van der Waals surface area contributed by atoms with Crippen molar-refractivity contribution < 1.29 is 4.79 Å². The fourth-order valence-corrected chi connectivity index (χ4v) is 3.57. The van der Waals surface area contributed by atoms with Gasteiger partial charge >= 0.3 is 0 Å². The number of thiocarbonyl (C=S) groups is 1. The minimum Gasteiger partial charge on any atom is -0.392 e. The summed E-state index contributed by atoms with van der Waals surface area (Å²) < 4.78 is 0. The van der Waals surface area contributed by atoms with Crippen LogP contribution in [0.3, 0.4) is 0 Å². The Kier molecular flexibility index (Phi) is 5.22. The van der Waals surface area contributed by atoms with Crippen molar-refractivity contribution >= 4 is 34.9 Å². The van der Waals surface area contributed by atoms with E-state index in [-0.39, 0.29) is 16.9 Å². The zero-order valence-electron chi connectivity index (χ0n) is 10.7. The van der Waals surface area contributed by atoms with E-state index in [9.17, 15) is 4.79 Å². The molecule has 1 atom stereocenters. The van der Waals surface area contributed by atoms with Crippen molar-refractivity contribution in [3.8, 4) is 0 Å². The van der Waals surface area contributed by atoms with E-state index < -0.39 is 5.92 Å². The molecule has 0 aliphatic carbocycles. The van der Waals surface area contributed by atoms with Gasteiger partial charge in [0, 0.05) is 6.04 Å². The zero-order valence-corrected chi connectivity index (χ0v) is 12.3. The van der Waals surface area contributed by atoms with Crippen LogP contribution < -0.4 is 11.1 Å². The lowest BCUT2D eigenvalue weighted by molar-refractivity contribution is -0.121. The molecule has 1 amide bonds. The highest BCUT2D eigenvalue weighted by Gasteiger charge is 2.26. The molecule has 1 heterocycles. The van der Waals surface area contributed by atoms with Gasteiger partial charge in [-0.15, -0.1) is 0 Å². The summed E-state index contributed by atoms with van der Waals surface area (Å²) in [5.74, 6) is 1.61. The van der Waals surface area contributed by atoms with Crippen LogP contribution in [0.4, 0.5) is 0 Å². The number of carbonyl (C=O) groups excluding carboxylic acids is 1. The van der Waals surface area contributed by atoms with Crippen LogP contribution in [0.1, 0.15) is 24.3 Å². The smallest absolute Gasteiger partial charge is 0.234 e. The Morgan fingerprint density at radius 3 is 2.53 bits per heavy atom. The summed E-state index contributed by atoms with van der Waals surface area (Å²) >= 11 is 6.99. The molecular formula is C14H18N2OS2. The molecule has 0 bridgehead atoms. The molecule has 1 aromatic carbocycles. The molecular weight excluding hydrogens is 276 g/mol. The molecule has 1 aliphatic rings. The first-order chi connectivity index (χ1) is 9.18. The average molecular weight is 294 g/mol. The minimum absolute atomic E-state index is 0.0735. The van der Waals surface area contributed by atoms with Gasteiger partial charge in [-0.1, -0.05) is 42.5 Å². The van der Waals surface area contributed by atoms with E-state index >= 15 is 0 Å². The van der Waals surface area contributed by atoms with Gasteiger partial charge in [-0.2, -0.15) is 11.8 Å². The van der Waals surface area contributed by atoms with E-state index in [0.29, 0.717) is 0 Å². The van der Waals surface area contributed by atoms with Crippen LogP contribution in [-0.2, 0) is 4.79 Å². The quantitative estimate of drug-likeness (QED) is 0.835. The van der Waals surface area contributed by atoms with Gasteiger partial charge in [-0.25, -0.2) is 0 Å². The predicted octanol–water partition coefficient (Wildman–Crippen LogP) is 2.07. The molecule has 1 aromatic rings. The second kappa shape index (κ2) is 6.91. The number of amides is 1. The van der Waals surface area contributed by atoms with Crippen molar-refractivity contribution in [1.29, 1.82) is 0 Å². The van der Waals surface area contributed by atoms with Gasteiger partial charge in [0.2, 0.25) is 5.91 Å². The van der Waals surface area contributed by atoms with Crippen molar-refractivity contribution in [2.24, 2.45) is 5.73 Å². The molecule has 19 heavy (non-hydrogen) atoms. The number of rotatable bonds is 4. The average Bonchev–Trinajstić information content (AvgIpc) is 2.40. The molecule has 0 aromatic heterocycles. The van der Waals surface area contributed by atoms with Crippen LogP contribution >= 0.6 is 24.0 Å². The van der Waals surface area contributed by atoms with Crippen molar-refractivity contribution in [2.45, 2.75) is 24.8 Å². The highest BCUT2D eigenvalue weighted by Crippen LogP contribution is 2.20. The maximum atomic E-state index is 12.4. The summed E-state index contributed by atoms with van der Waals surface area (Å²) in [5, 5.41) is 3.08. The highest BCUT2D eigenvalue weighted by molar-refractivity contribution is 7.99. The first kappa shape index (κ1) is 14.3. The second-order valence-corrected chi connectivity index (χ2v) is 6.34. The Bertz CT molecular complexity index is 444. The van der Waals surface area contributed by atoms with Crippen LogP contribution in [-0.4, -0.2) is 28.4 Å². The van der Waals surface area contributed by atoms with Crippen LogP contribution in [0.15, 0.2) is 30.3 Å². The largest absolute Gasteiger partial charge is 0.392 e. The van der Waals surface area contributed by atoms with Gasteiger partial charge in [-0.3, -0.25) is 4.79 Å². The van der Waals surface area contributed by atoms with Crippen molar-refractivity contribution in [3.05, 3.63) is 35.9 Å². The number of nitrogens with two attached hydrogens (primary N) is 1. The third-order valence-corrected chi connectivity index (χ3v) is 4.53. The van der Waals surface area contributed by atoms with Crippen molar-refractivity contribution in [2.75, 3.05) is 11.5 Å². The van der Waals surface area contributed by atoms with Crippen LogP contribution in [0.5, 0.6) is 0 Å². The van der Waals surface area contributed by atoms with E-state index in [4.69, 9.17) is 18.0 Å². The number of benzene rings is 1. The molecule has 1 saturated heterocycles. The van der Waals surface area contributed by atoms with Gasteiger partial charge in [-0.05, 0) is 29.9 Å². The first-order valence-electron chi connectivity index (χ1n) is 6.41. The Morgan fingerprint density at radius 1 is 1.32 bits per heavy atom. The number of hydrogen-bond donors (Lipinski definition) is 2. The van der Waals surface area contributed by atoms with Crippen LogP contribution in [0.25, 0.3) is 0 Å². The van der Waals surface area contributed by atoms with E-state index in [2.05, 4.69) is 5.32 Å². The molecule has 102 valence electrons. The lowest BCUT2D eigenvalue weighted by Crippen LogP contribution is -2.43. The summed E-state index contributed by atoms with van der Waals surface area (Å²) in [6.45, 7) is 0. The monoisotopic (exact) mass is 294 g/mol. The number of nitrogens with one attached hydrogen (secondary N) is 1. The highest BCUT2D eigenvalue weighted by atomic mass is 32.2. The minimum atomic E-state index is -0.522. The van der Waals surface area contributed by atoms with Gasteiger partial charge in [0.25, 0.3) is 0 Å². The van der Waals surface area contributed by atoms with E-state index in [1.165, 1.54) is 0 Å². The van der Waals surface area contributed by atoms with Gasteiger partial charge in [0.1, 0.15) is 5.92 Å². The molecule has 5 heteroatoms. The maximum Gasteiger partial charge on any atom is 0.234 e. The van der Waals surface area contributed by atoms with Gasteiger partial charge in [0.05, 0.1) is 4.99 Å². The van der Waals surface area contributed by atoms with Crippen molar-refractivity contribution in [3.63, 3.8) is 0 Å². The molecule has 0 spiro atoms. The molecule has 3 N–H and O–H groups in total. The summed E-state index contributed by atoms with van der Waals surface area (Å²) in [6.07, 6.45) is 2.05. The SMILES string of the molecule is NC(=S)C(C(=O)NC1CCSCC1)c1ccccc1. The van der Waals surface area contributed by atoms with Gasteiger partial charge < -0.3 is 11.1 Å². The summed E-state index contributed by atoms with van der Waals surface area (Å²) in [5.41, 5.74) is 6.60. The lowest BCUT2D eigenvalue weighted by atomic mass is 9.97. The number of thioether (sulfide) groups is 1. The molecule has 2 rings (SSSR count). The third kappa shape index (κ3) is 3.94. The zero-order chi connectivity index (χ0) is 13.7. The standard InChI is InChI=1S/C14H18N2OS2/c15-13(18)12(10-4-2-1-3-5-10)14(17)16-11-6-8-19-9-7-11/h1-5,11-12H,6-9H2,(H2,15,18)(H,16,17). The Hall–Kier alpha value is -1.07. The molecule has 0 saturated carbocycles. The molecule has 1 unspecified atom stereocenters. The maximum absolute atomic E-state index is 12.4. The van der Waals surface area contributed by atoms with Crippen LogP contribution in [0, 0.1) is 0 Å². The van der Waals surface area contributed by atoms with Crippen molar-refractivity contribution in [1.82, 2.24) is 5.32 Å². The Balaban J connectivity index is 2.06. The summed E-state index contributed by atoms with van der Waals surface area (Å²) in [7, 11) is 0. The lowest BCUT2D eigenvalue weighted by Gasteiger charge is -2.25. The molecule has 1 fully saturated rings. The van der Waals surface area contributed by atoms with Crippen LogP contribution in [0.2, 0.25) is 0 Å². The molecule has 0 radical (unpaired) electrons. The fraction of sp³-hybridized carbons (Fsp3) is 0.429. The third-order valence-electron chi connectivity index (χ3n) is 3.25. The summed E-state index contributed by atoms with van der Waals surface area (Å²) in [4.78, 5) is 12.6. The first-order valence-corrected chi connectivity index (χ1v) is 7.97. The second-order valence-electron chi connectivity index (χ2n) is 4.64. The Labute approximate surface area is 123 Å². The Morgan fingerprint density at radius 2 is 1.95 bits per heavy atom. The van der Waals surface area contributed by atoms with E-state index in [1.807, 2.05) is 42.1 Å². The summed E-state index contributed by atoms with van der Waals surface area (Å²) in [6, 6.07) is 9.74. The molecule has 3 nitrogen and oxygen atoms in total. The van der Waals surface area contributed by atoms with E-state index in [0.717, 1.165) is 29.9 Å². The van der Waals surface area contributed by atoms with E-state index in [1.54, 1.807) is 0 Å². The number of carbonyl (C=O) groups is 1.